The molecular weight excluding hydrogens is 294 g/mol. The third kappa shape index (κ3) is 4.79. The second-order valence-electron chi connectivity index (χ2n) is 5.34. The summed E-state index contributed by atoms with van der Waals surface area (Å²) in [5.41, 5.74) is 0.800. The van der Waals surface area contributed by atoms with E-state index in [1.807, 2.05) is 49.4 Å². The molecule has 0 bridgehead atoms. The van der Waals surface area contributed by atoms with E-state index >= 15 is 0 Å². The molecule has 0 heterocycles. The van der Waals surface area contributed by atoms with Gasteiger partial charge in [-0.15, -0.1) is 0 Å². The fraction of sp³-hybridized carbons (Fsp3) is 0.333. The molecule has 0 aromatic heterocycles. The number of carbonyl (C=O) groups excluding carboxylic acids is 1. The SMILES string of the molecule is CCCOCC(=O)N[C@H](CC(=O)O)c1cccc2ccccc12. The minimum atomic E-state index is -0.960. The van der Waals surface area contributed by atoms with E-state index in [1.54, 1.807) is 0 Å². The molecule has 0 saturated heterocycles. The lowest BCUT2D eigenvalue weighted by molar-refractivity contribution is -0.138. The molecule has 5 nitrogen and oxygen atoms in total. The van der Waals surface area contributed by atoms with Crippen LogP contribution in [0, 0.1) is 0 Å². The van der Waals surface area contributed by atoms with Gasteiger partial charge in [0.25, 0.3) is 0 Å². The van der Waals surface area contributed by atoms with Gasteiger partial charge < -0.3 is 15.2 Å². The molecule has 2 aromatic carbocycles. The number of aliphatic carboxylic acids is 1. The summed E-state index contributed by atoms with van der Waals surface area (Å²) in [7, 11) is 0. The van der Waals surface area contributed by atoms with Crippen molar-refractivity contribution >= 4 is 22.6 Å². The van der Waals surface area contributed by atoms with E-state index < -0.39 is 12.0 Å². The number of nitrogens with one attached hydrogen (secondary N) is 1. The number of hydrogen-bond donors (Lipinski definition) is 2. The normalized spacial score (nSPS) is 12.0. The van der Waals surface area contributed by atoms with Crippen LogP contribution in [0.2, 0.25) is 0 Å². The first-order chi connectivity index (χ1) is 11.1. The molecule has 5 heteroatoms. The first-order valence-electron chi connectivity index (χ1n) is 7.68. The van der Waals surface area contributed by atoms with Crippen molar-refractivity contribution in [2.24, 2.45) is 0 Å². The van der Waals surface area contributed by atoms with Crippen molar-refractivity contribution in [3.8, 4) is 0 Å². The van der Waals surface area contributed by atoms with Gasteiger partial charge in [-0.1, -0.05) is 49.4 Å². The number of carboxylic acid groups (broad SMARTS) is 1. The Labute approximate surface area is 135 Å². The standard InChI is InChI=1S/C18H21NO4/c1-2-10-23-12-17(20)19-16(11-18(21)22)15-9-5-7-13-6-3-4-8-14(13)15/h3-9,16H,2,10-12H2,1H3,(H,19,20)(H,21,22)/t16-/m1/s1. The zero-order valence-electron chi connectivity index (χ0n) is 13.1. The number of carbonyl (C=O) groups is 2. The Morgan fingerprint density at radius 3 is 2.65 bits per heavy atom. The first-order valence-corrected chi connectivity index (χ1v) is 7.68. The molecule has 0 aliphatic heterocycles. The maximum Gasteiger partial charge on any atom is 0.305 e. The van der Waals surface area contributed by atoms with E-state index in [2.05, 4.69) is 5.32 Å². The van der Waals surface area contributed by atoms with Crippen LogP contribution < -0.4 is 5.32 Å². The van der Waals surface area contributed by atoms with Crippen molar-refractivity contribution in [1.29, 1.82) is 0 Å². The van der Waals surface area contributed by atoms with Gasteiger partial charge in [-0.05, 0) is 22.8 Å². The number of amides is 1. The van der Waals surface area contributed by atoms with Crippen molar-refractivity contribution < 1.29 is 19.4 Å². The van der Waals surface area contributed by atoms with Gasteiger partial charge in [-0.2, -0.15) is 0 Å². The molecule has 0 radical (unpaired) electrons. The lowest BCUT2D eigenvalue weighted by atomic mass is 9.96. The highest BCUT2D eigenvalue weighted by Gasteiger charge is 2.20. The molecule has 2 rings (SSSR count). The highest BCUT2D eigenvalue weighted by Crippen LogP contribution is 2.26. The summed E-state index contributed by atoms with van der Waals surface area (Å²) in [5, 5.41) is 13.9. The third-order valence-electron chi connectivity index (χ3n) is 3.49. The monoisotopic (exact) mass is 315 g/mol. The molecule has 23 heavy (non-hydrogen) atoms. The average molecular weight is 315 g/mol. The molecule has 0 aliphatic rings. The minimum absolute atomic E-state index is 0.0608. The lowest BCUT2D eigenvalue weighted by Gasteiger charge is -2.19. The zero-order chi connectivity index (χ0) is 16.7. The summed E-state index contributed by atoms with van der Waals surface area (Å²) in [6.45, 7) is 2.40. The summed E-state index contributed by atoms with van der Waals surface area (Å²) >= 11 is 0. The number of ether oxygens (including phenoxy) is 1. The molecular formula is C18H21NO4. The molecule has 0 spiro atoms. The highest BCUT2D eigenvalue weighted by atomic mass is 16.5. The Kier molecular flexibility index (Phi) is 6.11. The maximum absolute atomic E-state index is 12.0. The molecule has 122 valence electrons. The molecule has 0 fully saturated rings. The number of rotatable bonds is 8. The molecule has 1 atom stereocenters. The number of fused-ring (bicyclic) bond motifs is 1. The number of benzene rings is 2. The minimum Gasteiger partial charge on any atom is -0.481 e. The quantitative estimate of drug-likeness (QED) is 0.734. The second-order valence-corrected chi connectivity index (χ2v) is 5.34. The largest absolute Gasteiger partial charge is 0.481 e. The van der Waals surface area contributed by atoms with Crippen LogP contribution in [0.5, 0.6) is 0 Å². The molecule has 0 saturated carbocycles. The Bertz CT molecular complexity index is 678. The van der Waals surface area contributed by atoms with Crippen molar-refractivity contribution in [3.05, 3.63) is 48.0 Å². The summed E-state index contributed by atoms with van der Waals surface area (Å²) < 4.78 is 5.21. The zero-order valence-corrected chi connectivity index (χ0v) is 13.1. The molecule has 2 N–H and O–H groups in total. The van der Waals surface area contributed by atoms with Crippen LogP contribution in [0.4, 0.5) is 0 Å². The molecule has 0 unspecified atom stereocenters. The summed E-state index contributed by atoms with van der Waals surface area (Å²) in [5.74, 6) is -1.27. The van der Waals surface area contributed by atoms with Gasteiger partial charge in [0.15, 0.2) is 0 Å². The fourth-order valence-electron chi connectivity index (χ4n) is 2.51. The summed E-state index contributed by atoms with van der Waals surface area (Å²) in [4.78, 5) is 23.2. The van der Waals surface area contributed by atoms with E-state index in [4.69, 9.17) is 9.84 Å². The van der Waals surface area contributed by atoms with Crippen molar-refractivity contribution in [3.63, 3.8) is 0 Å². The van der Waals surface area contributed by atoms with Crippen LogP contribution in [-0.4, -0.2) is 30.2 Å². The molecule has 0 aliphatic carbocycles. The van der Waals surface area contributed by atoms with Crippen LogP contribution in [0.15, 0.2) is 42.5 Å². The van der Waals surface area contributed by atoms with Crippen molar-refractivity contribution in [2.45, 2.75) is 25.8 Å². The molecule has 2 aromatic rings. The van der Waals surface area contributed by atoms with E-state index in [9.17, 15) is 9.59 Å². The number of hydrogen-bond acceptors (Lipinski definition) is 3. The predicted molar refractivity (Wildman–Crippen MR) is 88.2 cm³/mol. The average Bonchev–Trinajstić information content (AvgIpc) is 2.53. The van der Waals surface area contributed by atoms with E-state index in [0.717, 1.165) is 22.8 Å². The van der Waals surface area contributed by atoms with Crippen LogP contribution in [-0.2, 0) is 14.3 Å². The van der Waals surface area contributed by atoms with Crippen LogP contribution in [0.1, 0.15) is 31.4 Å². The van der Waals surface area contributed by atoms with Gasteiger partial charge in [0.2, 0.25) is 5.91 Å². The third-order valence-corrected chi connectivity index (χ3v) is 3.49. The Morgan fingerprint density at radius 1 is 1.17 bits per heavy atom. The maximum atomic E-state index is 12.0. The van der Waals surface area contributed by atoms with Crippen molar-refractivity contribution in [1.82, 2.24) is 5.32 Å². The number of carboxylic acids is 1. The topological polar surface area (TPSA) is 75.6 Å². The van der Waals surface area contributed by atoms with E-state index in [-0.39, 0.29) is 18.9 Å². The van der Waals surface area contributed by atoms with Gasteiger partial charge in [-0.3, -0.25) is 9.59 Å². The van der Waals surface area contributed by atoms with Crippen LogP contribution in [0.3, 0.4) is 0 Å². The first kappa shape index (κ1) is 17.0. The van der Waals surface area contributed by atoms with Crippen molar-refractivity contribution in [2.75, 3.05) is 13.2 Å². The Balaban J connectivity index is 2.23. The second kappa shape index (κ2) is 8.29. The fourth-order valence-corrected chi connectivity index (χ4v) is 2.51. The summed E-state index contributed by atoms with van der Waals surface area (Å²) in [6, 6.07) is 12.8. The Morgan fingerprint density at radius 2 is 1.91 bits per heavy atom. The van der Waals surface area contributed by atoms with Gasteiger partial charge in [0, 0.05) is 6.61 Å². The highest BCUT2D eigenvalue weighted by molar-refractivity contribution is 5.87. The van der Waals surface area contributed by atoms with Gasteiger partial charge in [0.05, 0.1) is 12.5 Å². The van der Waals surface area contributed by atoms with Gasteiger partial charge in [-0.25, -0.2) is 0 Å². The van der Waals surface area contributed by atoms with Crippen LogP contribution >= 0.6 is 0 Å². The molecule has 1 amide bonds. The Hall–Kier alpha value is -2.40. The van der Waals surface area contributed by atoms with E-state index in [1.165, 1.54) is 0 Å². The van der Waals surface area contributed by atoms with Gasteiger partial charge in [0.1, 0.15) is 6.61 Å². The van der Waals surface area contributed by atoms with E-state index in [0.29, 0.717) is 6.61 Å². The van der Waals surface area contributed by atoms with Crippen LogP contribution in [0.25, 0.3) is 10.8 Å². The smallest absolute Gasteiger partial charge is 0.305 e. The summed E-state index contributed by atoms with van der Waals surface area (Å²) in [6.07, 6.45) is 0.655. The van der Waals surface area contributed by atoms with Gasteiger partial charge >= 0.3 is 5.97 Å². The predicted octanol–water partition coefficient (Wildman–Crippen LogP) is 2.90. The lowest BCUT2D eigenvalue weighted by Crippen LogP contribution is -2.33.